The van der Waals surface area contributed by atoms with Gasteiger partial charge >= 0.3 is 0 Å². The van der Waals surface area contributed by atoms with E-state index in [9.17, 15) is 0 Å². The molecular weight excluding hydrogens is 527 g/mol. The van der Waals surface area contributed by atoms with Gasteiger partial charge in [-0.1, -0.05) is 172 Å². The average Bonchev–Trinajstić information content (AvgIpc) is 3.01. The molecule has 5 aromatic rings. The summed E-state index contributed by atoms with van der Waals surface area (Å²) < 4.78 is 0. The van der Waals surface area contributed by atoms with Crippen molar-refractivity contribution in [3.05, 3.63) is 176 Å². The number of benzene rings is 5. The first kappa shape index (κ1) is 28.2. The lowest BCUT2D eigenvalue weighted by atomic mass is 9.74. The van der Waals surface area contributed by atoms with E-state index < -0.39 is 0 Å². The topological polar surface area (TPSA) is 0 Å². The minimum atomic E-state index is 0.0331. The van der Waals surface area contributed by atoms with Gasteiger partial charge in [0.1, 0.15) is 0 Å². The molecule has 0 aliphatic carbocycles. The zero-order valence-corrected chi connectivity index (χ0v) is 25.1. The molecule has 4 atom stereocenters. The Labute approximate surface area is 249 Å². The van der Waals surface area contributed by atoms with Crippen molar-refractivity contribution in [3.8, 4) is 0 Å². The van der Waals surface area contributed by atoms with Gasteiger partial charge in [0, 0.05) is 33.7 Å². The molecule has 0 saturated carbocycles. The first-order valence-corrected chi connectivity index (χ1v) is 14.9. The Kier molecular flexibility index (Phi) is 8.79. The summed E-state index contributed by atoms with van der Waals surface area (Å²) in [5.74, 6) is 0.288. The van der Waals surface area contributed by atoms with Crippen LogP contribution in [-0.4, -0.2) is 0 Å². The molecule has 5 rings (SSSR count). The molecule has 2 heteroatoms. The van der Waals surface area contributed by atoms with Crippen LogP contribution in [0.1, 0.15) is 95.9 Å². The Hall–Kier alpha value is -3.32. The Morgan fingerprint density at radius 2 is 0.550 bits per heavy atom. The molecule has 0 aromatic heterocycles. The van der Waals surface area contributed by atoms with Crippen LogP contribution in [0.25, 0.3) is 0 Å². The highest BCUT2D eigenvalue weighted by Crippen LogP contribution is 2.51. The summed E-state index contributed by atoms with van der Waals surface area (Å²) in [5, 5.41) is 1.55. The van der Waals surface area contributed by atoms with Crippen LogP contribution in [0, 0.1) is 0 Å². The Balaban J connectivity index is 1.87. The Morgan fingerprint density at radius 3 is 0.825 bits per heavy atom. The molecule has 0 spiro atoms. The average molecular weight is 564 g/mol. The predicted octanol–water partition coefficient (Wildman–Crippen LogP) is 11.6. The molecule has 0 aliphatic heterocycles. The second kappa shape index (κ2) is 12.5. The Morgan fingerprint density at radius 1 is 0.325 bits per heavy atom. The minimum Gasteiger partial charge on any atom is -0.0836 e. The summed E-state index contributed by atoms with van der Waals surface area (Å²) in [4.78, 5) is 0. The fourth-order valence-corrected chi connectivity index (χ4v) is 7.19. The predicted molar refractivity (Wildman–Crippen MR) is 172 cm³/mol. The molecule has 0 heterocycles. The van der Waals surface area contributed by atoms with E-state index in [0.717, 1.165) is 15.6 Å². The van der Waals surface area contributed by atoms with Crippen LogP contribution in [0.5, 0.6) is 0 Å². The molecule has 0 bridgehead atoms. The van der Waals surface area contributed by atoms with Crippen molar-refractivity contribution in [1.29, 1.82) is 0 Å². The summed E-state index contributed by atoms with van der Waals surface area (Å²) in [6, 6.07) is 42.6. The van der Waals surface area contributed by atoms with E-state index >= 15 is 0 Å². The zero-order valence-electron chi connectivity index (χ0n) is 23.6. The highest BCUT2D eigenvalue weighted by atomic mass is 35.5. The first-order chi connectivity index (χ1) is 19.4. The van der Waals surface area contributed by atoms with Crippen LogP contribution in [-0.2, 0) is 0 Å². The van der Waals surface area contributed by atoms with E-state index in [-0.39, 0.29) is 23.7 Å². The molecule has 0 fully saturated rings. The van der Waals surface area contributed by atoms with Gasteiger partial charge in [-0.15, -0.1) is 0 Å². The molecule has 5 aromatic carbocycles. The normalized spacial score (nSPS) is 14.3. The summed E-state index contributed by atoms with van der Waals surface area (Å²) in [6.07, 6.45) is 0. The fraction of sp³-hybridized carbons (Fsp3) is 0.211. The van der Waals surface area contributed by atoms with Gasteiger partial charge in [-0.2, -0.15) is 0 Å². The van der Waals surface area contributed by atoms with Gasteiger partial charge in [0.15, 0.2) is 0 Å². The van der Waals surface area contributed by atoms with Gasteiger partial charge in [0.05, 0.1) is 0 Å². The maximum Gasteiger partial charge on any atom is 0.0500 e. The SMILES string of the molecule is CC(c1ccccc1)c1c(Cl)c(C(C)c2ccccc2)c(C(C)c2ccccc2)c(C(C)c2ccccc2)c1Cl. The lowest BCUT2D eigenvalue weighted by Crippen LogP contribution is -2.16. The number of hydrogen-bond donors (Lipinski definition) is 0. The van der Waals surface area contributed by atoms with Crippen molar-refractivity contribution >= 4 is 23.2 Å². The summed E-state index contributed by atoms with van der Waals surface area (Å²) >= 11 is 15.2. The van der Waals surface area contributed by atoms with Gasteiger partial charge < -0.3 is 0 Å². The van der Waals surface area contributed by atoms with E-state index in [4.69, 9.17) is 23.2 Å². The number of halogens is 2. The second-order valence-corrected chi connectivity index (χ2v) is 11.6. The third-order valence-corrected chi connectivity index (χ3v) is 9.27. The summed E-state index contributed by atoms with van der Waals surface area (Å²) in [6.45, 7) is 9.07. The van der Waals surface area contributed by atoms with Gasteiger partial charge in [-0.25, -0.2) is 0 Å². The minimum absolute atomic E-state index is 0.0331. The smallest absolute Gasteiger partial charge is 0.0500 e. The zero-order chi connectivity index (χ0) is 28.2. The highest BCUT2D eigenvalue weighted by Gasteiger charge is 2.33. The van der Waals surface area contributed by atoms with Crippen LogP contribution in [0.3, 0.4) is 0 Å². The van der Waals surface area contributed by atoms with Gasteiger partial charge in [-0.3, -0.25) is 0 Å². The third kappa shape index (κ3) is 5.49. The van der Waals surface area contributed by atoms with Crippen molar-refractivity contribution < 1.29 is 0 Å². The quantitative estimate of drug-likeness (QED) is 0.176. The molecule has 40 heavy (non-hydrogen) atoms. The molecule has 0 nitrogen and oxygen atoms in total. The maximum atomic E-state index is 7.58. The lowest BCUT2D eigenvalue weighted by molar-refractivity contribution is 0.787. The molecule has 0 aliphatic rings. The van der Waals surface area contributed by atoms with E-state index in [2.05, 4.69) is 149 Å². The van der Waals surface area contributed by atoms with Gasteiger partial charge in [0.2, 0.25) is 0 Å². The monoisotopic (exact) mass is 562 g/mol. The van der Waals surface area contributed by atoms with Crippen molar-refractivity contribution in [2.24, 2.45) is 0 Å². The standard InChI is InChI=1S/C38H36Cl2/c1-25(29-17-9-5-10-18-29)33-34(26(2)30-19-11-6-12-20-30)37(39)36(28(4)32-23-15-8-16-24-32)38(40)35(33)27(3)31-21-13-7-14-22-31/h5-28H,1-4H3. The summed E-state index contributed by atoms with van der Waals surface area (Å²) in [5.41, 5.74) is 9.52. The molecule has 4 unspecified atom stereocenters. The van der Waals surface area contributed by atoms with Crippen molar-refractivity contribution in [1.82, 2.24) is 0 Å². The number of rotatable bonds is 8. The van der Waals surface area contributed by atoms with Crippen molar-refractivity contribution in [2.75, 3.05) is 0 Å². The molecule has 0 amide bonds. The second-order valence-electron chi connectivity index (χ2n) is 10.8. The lowest BCUT2D eigenvalue weighted by Gasteiger charge is -2.33. The van der Waals surface area contributed by atoms with E-state index in [0.29, 0.717) is 0 Å². The summed E-state index contributed by atoms with van der Waals surface area (Å²) in [7, 11) is 0. The first-order valence-electron chi connectivity index (χ1n) is 14.1. The fourth-order valence-electron chi connectivity index (χ4n) is 6.09. The van der Waals surface area contributed by atoms with Crippen LogP contribution < -0.4 is 0 Å². The van der Waals surface area contributed by atoms with Crippen molar-refractivity contribution in [3.63, 3.8) is 0 Å². The van der Waals surface area contributed by atoms with Gasteiger partial charge in [0.25, 0.3) is 0 Å². The third-order valence-electron chi connectivity index (χ3n) is 8.46. The Bertz CT molecular complexity index is 1470. The number of hydrogen-bond acceptors (Lipinski definition) is 0. The van der Waals surface area contributed by atoms with Crippen molar-refractivity contribution in [2.45, 2.75) is 51.4 Å². The van der Waals surface area contributed by atoms with Crippen LogP contribution in [0.15, 0.2) is 121 Å². The van der Waals surface area contributed by atoms with E-state index in [1.54, 1.807) is 0 Å². The highest BCUT2D eigenvalue weighted by molar-refractivity contribution is 6.37. The van der Waals surface area contributed by atoms with Gasteiger partial charge in [-0.05, 0) is 44.5 Å². The van der Waals surface area contributed by atoms with E-state index in [1.165, 1.54) is 38.9 Å². The van der Waals surface area contributed by atoms with Crippen LogP contribution >= 0.6 is 23.2 Å². The van der Waals surface area contributed by atoms with Crippen LogP contribution in [0.2, 0.25) is 10.0 Å². The largest absolute Gasteiger partial charge is 0.0836 e. The maximum absolute atomic E-state index is 7.58. The molecule has 0 radical (unpaired) electrons. The molecule has 0 N–H and O–H groups in total. The molecule has 0 saturated heterocycles. The van der Waals surface area contributed by atoms with E-state index in [1.807, 2.05) is 0 Å². The molecular formula is C38H36Cl2. The van der Waals surface area contributed by atoms with Crippen LogP contribution in [0.4, 0.5) is 0 Å². The molecule has 202 valence electrons.